The van der Waals surface area contributed by atoms with Crippen molar-refractivity contribution in [1.82, 2.24) is 9.88 Å². The van der Waals surface area contributed by atoms with Crippen LogP contribution < -0.4 is 9.64 Å². The Balaban J connectivity index is 1.32. The van der Waals surface area contributed by atoms with Gasteiger partial charge in [-0.25, -0.2) is 9.78 Å². The second-order valence-corrected chi connectivity index (χ2v) is 8.52. The van der Waals surface area contributed by atoms with Crippen LogP contribution in [0.5, 0.6) is 5.75 Å². The molecule has 1 aromatic heterocycles. The third-order valence-electron chi connectivity index (χ3n) is 5.85. The molecule has 0 aliphatic carbocycles. The quantitative estimate of drug-likeness (QED) is 0.640. The van der Waals surface area contributed by atoms with E-state index in [1.165, 1.54) is 21.8 Å². The molecule has 3 aromatic rings. The van der Waals surface area contributed by atoms with Crippen molar-refractivity contribution in [2.24, 2.45) is 0 Å². The highest BCUT2D eigenvalue weighted by atomic mass is 32.1. The first kappa shape index (κ1) is 18.9. The molecule has 0 spiro atoms. The molecule has 3 heterocycles. The number of nitrogens with zero attached hydrogens (tertiary/aromatic N) is 3. The molecule has 0 saturated carbocycles. The number of amides is 1. The number of carboxylic acid groups (broad SMARTS) is 1. The third kappa shape index (κ3) is 3.61. The molecule has 5 rings (SSSR count). The van der Waals surface area contributed by atoms with Crippen LogP contribution in [0.25, 0.3) is 10.6 Å². The topological polar surface area (TPSA) is 65.9 Å². The standard InChI is InChI=1S/C23H23N3O3S/c27-23(28)25-12-8-18(9-13-25)29-21-3-1-2-20-19(21)10-14-26(20)17-6-4-16(5-7-17)22-24-11-15-30-22/h1-7,11,15,18H,8-10,12-14H2,(H,27,28). The Labute approximate surface area is 179 Å². The minimum absolute atomic E-state index is 0.0683. The number of likely N-dealkylation sites (tertiary alicyclic amines) is 1. The maximum absolute atomic E-state index is 11.1. The molecule has 7 heteroatoms. The smallest absolute Gasteiger partial charge is 0.407 e. The van der Waals surface area contributed by atoms with Gasteiger partial charge in [-0.15, -0.1) is 11.3 Å². The van der Waals surface area contributed by atoms with E-state index >= 15 is 0 Å². The van der Waals surface area contributed by atoms with E-state index < -0.39 is 6.09 Å². The van der Waals surface area contributed by atoms with E-state index in [0.29, 0.717) is 13.1 Å². The summed E-state index contributed by atoms with van der Waals surface area (Å²) in [5.74, 6) is 0.934. The average Bonchev–Trinajstić information content (AvgIpc) is 3.45. The van der Waals surface area contributed by atoms with Gasteiger partial charge in [-0.05, 0) is 42.8 Å². The van der Waals surface area contributed by atoms with Crippen LogP contribution in [0.4, 0.5) is 16.2 Å². The fourth-order valence-electron chi connectivity index (χ4n) is 4.28. The van der Waals surface area contributed by atoms with Gasteiger partial charge in [-0.1, -0.05) is 6.07 Å². The summed E-state index contributed by atoms with van der Waals surface area (Å²) in [5.41, 5.74) is 4.73. The number of hydrogen-bond acceptors (Lipinski definition) is 5. The molecule has 0 atom stereocenters. The maximum atomic E-state index is 11.1. The number of ether oxygens (including phenoxy) is 1. The number of piperidine rings is 1. The van der Waals surface area contributed by atoms with Gasteiger partial charge < -0.3 is 19.6 Å². The summed E-state index contributed by atoms with van der Waals surface area (Å²) < 4.78 is 6.33. The van der Waals surface area contributed by atoms with Crippen molar-refractivity contribution in [3.05, 3.63) is 59.6 Å². The normalized spacial score (nSPS) is 16.5. The fraction of sp³-hybridized carbons (Fsp3) is 0.304. The number of aromatic nitrogens is 1. The van der Waals surface area contributed by atoms with Gasteiger partial charge in [0.05, 0.1) is 0 Å². The molecule has 1 amide bonds. The maximum Gasteiger partial charge on any atom is 0.407 e. The molecule has 2 aliphatic rings. The fourth-order valence-corrected chi connectivity index (χ4v) is 4.92. The lowest BCUT2D eigenvalue weighted by Crippen LogP contribution is -2.41. The summed E-state index contributed by atoms with van der Waals surface area (Å²) >= 11 is 1.65. The largest absolute Gasteiger partial charge is 0.490 e. The Morgan fingerprint density at radius 3 is 2.60 bits per heavy atom. The Kier molecular flexibility index (Phi) is 5.04. The van der Waals surface area contributed by atoms with Gasteiger partial charge in [0.1, 0.15) is 16.9 Å². The molecule has 0 bridgehead atoms. The second-order valence-electron chi connectivity index (χ2n) is 7.63. The van der Waals surface area contributed by atoms with Crippen molar-refractivity contribution >= 4 is 28.8 Å². The average molecular weight is 422 g/mol. The number of rotatable bonds is 4. The van der Waals surface area contributed by atoms with Crippen molar-refractivity contribution < 1.29 is 14.6 Å². The van der Waals surface area contributed by atoms with E-state index in [1.807, 2.05) is 23.7 Å². The van der Waals surface area contributed by atoms with Gasteiger partial charge in [0.15, 0.2) is 0 Å². The zero-order valence-electron chi connectivity index (χ0n) is 16.5. The predicted molar refractivity (Wildman–Crippen MR) is 118 cm³/mol. The summed E-state index contributed by atoms with van der Waals surface area (Å²) in [6.07, 6.45) is 3.46. The van der Waals surface area contributed by atoms with Gasteiger partial charge >= 0.3 is 6.09 Å². The summed E-state index contributed by atoms with van der Waals surface area (Å²) in [5, 5.41) is 12.2. The Bertz CT molecular complexity index is 1030. The molecule has 2 aliphatic heterocycles. The lowest BCUT2D eigenvalue weighted by Gasteiger charge is -2.30. The highest BCUT2D eigenvalue weighted by Gasteiger charge is 2.27. The van der Waals surface area contributed by atoms with Gasteiger partial charge in [0, 0.05) is 66.6 Å². The molecule has 0 unspecified atom stereocenters. The number of thiazole rings is 1. The zero-order valence-corrected chi connectivity index (χ0v) is 17.3. The number of hydrogen-bond donors (Lipinski definition) is 1. The first-order chi connectivity index (χ1) is 14.7. The van der Waals surface area contributed by atoms with Gasteiger partial charge in [0.25, 0.3) is 0 Å². The minimum atomic E-state index is -0.842. The zero-order chi connectivity index (χ0) is 20.5. The van der Waals surface area contributed by atoms with E-state index in [4.69, 9.17) is 9.84 Å². The lowest BCUT2D eigenvalue weighted by atomic mass is 10.1. The molecular weight excluding hydrogens is 398 g/mol. The van der Waals surface area contributed by atoms with Crippen LogP contribution in [0.2, 0.25) is 0 Å². The highest BCUT2D eigenvalue weighted by Crippen LogP contribution is 2.40. The third-order valence-corrected chi connectivity index (χ3v) is 6.67. The predicted octanol–water partition coefficient (Wildman–Crippen LogP) is 5.03. The molecule has 154 valence electrons. The van der Waals surface area contributed by atoms with E-state index in [9.17, 15) is 4.79 Å². The minimum Gasteiger partial charge on any atom is -0.490 e. The first-order valence-corrected chi connectivity index (χ1v) is 11.1. The van der Waals surface area contributed by atoms with E-state index in [1.54, 1.807) is 11.3 Å². The SMILES string of the molecule is O=C(O)N1CCC(Oc2cccc3c2CCN3c2ccc(-c3nccs3)cc2)CC1. The molecule has 30 heavy (non-hydrogen) atoms. The molecule has 0 radical (unpaired) electrons. The Morgan fingerprint density at radius 2 is 1.90 bits per heavy atom. The van der Waals surface area contributed by atoms with E-state index in [0.717, 1.165) is 42.1 Å². The molecule has 1 N–H and O–H groups in total. The summed E-state index contributed by atoms with van der Waals surface area (Å²) in [4.78, 5) is 19.3. The highest BCUT2D eigenvalue weighted by molar-refractivity contribution is 7.13. The van der Waals surface area contributed by atoms with Crippen LogP contribution >= 0.6 is 11.3 Å². The molecule has 2 aromatic carbocycles. The van der Waals surface area contributed by atoms with Crippen LogP contribution in [-0.4, -0.2) is 46.8 Å². The van der Waals surface area contributed by atoms with Crippen molar-refractivity contribution in [2.75, 3.05) is 24.5 Å². The van der Waals surface area contributed by atoms with Gasteiger partial charge in [-0.3, -0.25) is 0 Å². The second kappa shape index (κ2) is 7.99. The van der Waals surface area contributed by atoms with Gasteiger partial charge in [0.2, 0.25) is 0 Å². The van der Waals surface area contributed by atoms with Gasteiger partial charge in [-0.2, -0.15) is 0 Å². The van der Waals surface area contributed by atoms with E-state index in [2.05, 4.69) is 40.2 Å². The monoisotopic (exact) mass is 421 g/mol. The van der Waals surface area contributed by atoms with Crippen molar-refractivity contribution in [2.45, 2.75) is 25.4 Å². The number of carbonyl (C=O) groups is 1. The Morgan fingerprint density at radius 1 is 1.10 bits per heavy atom. The molecule has 6 nitrogen and oxygen atoms in total. The first-order valence-electron chi connectivity index (χ1n) is 10.2. The summed E-state index contributed by atoms with van der Waals surface area (Å²) in [6, 6.07) is 14.8. The van der Waals surface area contributed by atoms with Crippen LogP contribution in [0, 0.1) is 0 Å². The van der Waals surface area contributed by atoms with E-state index in [-0.39, 0.29) is 6.10 Å². The molecular formula is C23H23N3O3S. The Hall–Kier alpha value is -3.06. The number of anilines is 2. The van der Waals surface area contributed by atoms with Crippen LogP contribution in [0.3, 0.4) is 0 Å². The number of benzene rings is 2. The number of fused-ring (bicyclic) bond motifs is 1. The van der Waals surface area contributed by atoms with Crippen LogP contribution in [0.15, 0.2) is 54.0 Å². The molecule has 1 saturated heterocycles. The van der Waals surface area contributed by atoms with Crippen LogP contribution in [-0.2, 0) is 6.42 Å². The molecule has 1 fully saturated rings. The van der Waals surface area contributed by atoms with Crippen LogP contribution in [0.1, 0.15) is 18.4 Å². The lowest BCUT2D eigenvalue weighted by molar-refractivity contribution is 0.0891. The summed E-state index contributed by atoms with van der Waals surface area (Å²) in [6.45, 7) is 1.99. The van der Waals surface area contributed by atoms with Crippen molar-refractivity contribution in [1.29, 1.82) is 0 Å². The van der Waals surface area contributed by atoms with Crippen molar-refractivity contribution in [3.8, 4) is 16.3 Å². The van der Waals surface area contributed by atoms with Crippen molar-refractivity contribution in [3.63, 3.8) is 0 Å². The summed E-state index contributed by atoms with van der Waals surface area (Å²) in [7, 11) is 0.